The Labute approximate surface area is 99.7 Å². The molecule has 1 aliphatic heterocycles. The molecule has 0 spiro atoms. The topological polar surface area (TPSA) is 30.5 Å². The molecular formula is C11H20F3NO2. The van der Waals surface area contributed by atoms with Crippen molar-refractivity contribution in [3.8, 4) is 0 Å². The second kappa shape index (κ2) is 7.18. The van der Waals surface area contributed by atoms with E-state index in [9.17, 15) is 13.2 Å². The number of halogens is 3. The van der Waals surface area contributed by atoms with Gasteiger partial charge in [0.05, 0.1) is 6.61 Å². The third kappa shape index (κ3) is 6.24. The summed E-state index contributed by atoms with van der Waals surface area (Å²) < 4.78 is 45.5. The van der Waals surface area contributed by atoms with Gasteiger partial charge in [0.2, 0.25) is 0 Å². The SMILES string of the molecule is CCNC1CCOCC1CCOCC(F)(F)F. The zero-order chi connectivity index (χ0) is 12.7. The van der Waals surface area contributed by atoms with Gasteiger partial charge in [0, 0.05) is 19.3 Å². The lowest BCUT2D eigenvalue weighted by molar-refractivity contribution is -0.175. The van der Waals surface area contributed by atoms with Crippen LogP contribution in [0.4, 0.5) is 13.2 Å². The summed E-state index contributed by atoms with van der Waals surface area (Å²) in [7, 11) is 0. The fraction of sp³-hybridized carbons (Fsp3) is 1.00. The minimum atomic E-state index is -4.23. The van der Waals surface area contributed by atoms with Crippen LogP contribution in [0.15, 0.2) is 0 Å². The minimum Gasteiger partial charge on any atom is -0.381 e. The molecule has 17 heavy (non-hydrogen) atoms. The Bertz CT molecular complexity index is 209. The van der Waals surface area contributed by atoms with Gasteiger partial charge in [-0.1, -0.05) is 6.92 Å². The Kier molecular flexibility index (Phi) is 6.22. The molecule has 1 N–H and O–H groups in total. The molecule has 3 nitrogen and oxygen atoms in total. The van der Waals surface area contributed by atoms with E-state index in [0.29, 0.717) is 19.1 Å². The van der Waals surface area contributed by atoms with Crippen LogP contribution in [-0.4, -0.2) is 45.2 Å². The summed E-state index contributed by atoms with van der Waals surface area (Å²) in [5.74, 6) is 0.247. The summed E-state index contributed by atoms with van der Waals surface area (Å²) in [5.41, 5.74) is 0. The molecule has 0 saturated carbocycles. The number of hydrogen-bond donors (Lipinski definition) is 1. The van der Waals surface area contributed by atoms with Crippen molar-refractivity contribution in [1.29, 1.82) is 0 Å². The third-order valence-electron chi connectivity index (χ3n) is 2.84. The maximum atomic E-state index is 11.9. The van der Waals surface area contributed by atoms with Gasteiger partial charge < -0.3 is 14.8 Å². The van der Waals surface area contributed by atoms with E-state index in [1.807, 2.05) is 6.92 Å². The Balaban J connectivity index is 2.19. The number of rotatable bonds is 6. The van der Waals surface area contributed by atoms with E-state index in [0.717, 1.165) is 19.6 Å². The van der Waals surface area contributed by atoms with Crippen molar-refractivity contribution in [3.63, 3.8) is 0 Å². The fourth-order valence-electron chi connectivity index (χ4n) is 2.03. The molecule has 0 bridgehead atoms. The quantitative estimate of drug-likeness (QED) is 0.736. The molecule has 0 aliphatic carbocycles. The number of nitrogens with one attached hydrogen (secondary N) is 1. The molecule has 102 valence electrons. The van der Waals surface area contributed by atoms with Crippen LogP contribution in [0.5, 0.6) is 0 Å². The van der Waals surface area contributed by atoms with Crippen molar-refractivity contribution < 1.29 is 22.6 Å². The van der Waals surface area contributed by atoms with E-state index in [4.69, 9.17) is 4.74 Å². The Morgan fingerprint density at radius 1 is 1.41 bits per heavy atom. The van der Waals surface area contributed by atoms with E-state index in [-0.39, 0.29) is 12.5 Å². The van der Waals surface area contributed by atoms with E-state index < -0.39 is 12.8 Å². The van der Waals surface area contributed by atoms with Crippen LogP contribution in [0.2, 0.25) is 0 Å². The molecule has 1 aliphatic rings. The molecule has 0 aromatic carbocycles. The monoisotopic (exact) mass is 255 g/mol. The van der Waals surface area contributed by atoms with Crippen molar-refractivity contribution in [2.45, 2.75) is 32.0 Å². The highest BCUT2D eigenvalue weighted by molar-refractivity contribution is 4.79. The molecule has 0 aromatic rings. The molecule has 2 unspecified atom stereocenters. The first-order chi connectivity index (χ1) is 8.03. The minimum absolute atomic E-state index is 0.134. The van der Waals surface area contributed by atoms with Crippen molar-refractivity contribution >= 4 is 0 Å². The Morgan fingerprint density at radius 2 is 2.18 bits per heavy atom. The standard InChI is InChI=1S/C11H20F3NO2/c1-2-15-10-4-6-16-7-9(10)3-5-17-8-11(12,13)14/h9-10,15H,2-8H2,1H3. The first kappa shape index (κ1) is 14.7. The summed E-state index contributed by atoms with van der Waals surface area (Å²) in [4.78, 5) is 0. The molecule has 0 radical (unpaired) electrons. The number of alkyl halides is 3. The first-order valence-electron chi connectivity index (χ1n) is 5.98. The van der Waals surface area contributed by atoms with Crippen LogP contribution in [0.1, 0.15) is 19.8 Å². The maximum absolute atomic E-state index is 11.9. The summed E-state index contributed by atoms with van der Waals surface area (Å²) >= 11 is 0. The predicted octanol–water partition coefficient (Wildman–Crippen LogP) is 1.97. The zero-order valence-electron chi connectivity index (χ0n) is 10.1. The van der Waals surface area contributed by atoms with Gasteiger partial charge in [0.25, 0.3) is 0 Å². The normalized spacial score (nSPS) is 26.1. The highest BCUT2D eigenvalue weighted by atomic mass is 19.4. The Morgan fingerprint density at radius 3 is 2.82 bits per heavy atom. The van der Waals surface area contributed by atoms with Crippen LogP contribution in [-0.2, 0) is 9.47 Å². The van der Waals surface area contributed by atoms with Gasteiger partial charge >= 0.3 is 6.18 Å². The molecular weight excluding hydrogens is 235 g/mol. The average Bonchev–Trinajstić information content (AvgIpc) is 2.25. The second-order valence-corrected chi connectivity index (χ2v) is 4.24. The zero-order valence-corrected chi connectivity index (χ0v) is 10.1. The fourth-order valence-corrected chi connectivity index (χ4v) is 2.03. The molecule has 0 aromatic heterocycles. The van der Waals surface area contributed by atoms with Gasteiger partial charge in [0.15, 0.2) is 0 Å². The summed E-state index contributed by atoms with van der Waals surface area (Å²) in [6.07, 6.45) is -2.71. The van der Waals surface area contributed by atoms with E-state index in [2.05, 4.69) is 10.1 Å². The molecule has 2 atom stereocenters. The van der Waals surface area contributed by atoms with Crippen LogP contribution in [0.25, 0.3) is 0 Å². The average molecular weight is 255 g/mol. The second-order valence-electron chi connectivity index (χ2n) is 4.24. The molecule has 0 amide bonds. The van der Waals surface area contributed by atoms with Crippen molar-refractivity contribution in [2.75, 3.05) is 33.0 Å². The van der Waals surface area contributed by atoms with Gasteiger partial charge in [0.1, 0.15) is 6.61 Å². The lowest BCUT2D eigenvalue weighted by Gasteiger charge is -2.32. The molecule has 1 heterocycles. The van der Waals surface area contributed by atoms with Crippen molar-refractivity contribution in [1.82, 2.24) is 5.32 Å². The maximum Gasteiger partial charge on any atom is 0.411 e. The smallest absolute Gasteiger partial charge is 0.381 e. The van der Waals surface area contributed by atoms with Gasteiger partial charge in [-0.15, -0.1) is 0 Å². The van der Waals surface area contributed by atoms with Crippen LogP contribution in [0, 0.1) is 5.92 Å². The summed E-state index contributed by atoms with van der Waals surface area (Å²) in [6.45, 7) is 3.18. The van der Waals surface area contributed by atoms with E-state index >= 15 is 0 Å². The highest BCUT2D eigenvalue weighted by Gasteiger charge is 2.28. The van der Waals surface area contributed by atoms with Gasteiger partial charge in [-0.2, -0.15) is 13.2 Å². The third-order valence-corrected chi connectivity index (χ3v) is 2.84. The van der Waals surface area contributed by atoms with Gasteiger partial charge in [-0.05, 0) is 25.3 Å². The molecule has 6 heteroatoms. The highest BCUT2D eigenvalue weighted by Crippen LogP contribution is 2.19. The lowest BCUT2D eigenvalue weighted by Crippen LogP contribution is -2.43. The summed E-state index contributed by atoms with van der Waals surface area (Å²) in [5, 5.41) is 3.33. The molecule has 1 rings (SSSR count). The predicted molar refractivity (Wildman–Crippen MR) is 57.9 cm³/mol. The van der Waals surface area contributed by atoms with Gasteiger partial charge in [-0.3, -0.25) is 0 Å². The van der Waals surface area contributed by atoms with Crippen molar-refractivity contribution in [3.05, 3.63) is 0 Å². The molecule has 1 fully saturated rings. The van der Waals surface area contributed by atoms with E-state index in [1.54, 1.807) is 0 Å². The van der Waals surface area contributed by atoms with Crippen LogP contribution in [0.3, 0.4) is 0 Å². The van der Waals surface area contributed by atoms with Crippen molar-refractivity contribution in [2.24, 2.45) is 5.92 Å². The number of ether oxygens (including phenoxy) is 2. The van der Waals surface area contributed by atoms with Crippen LogP contribution < -0.4 is 5.32 Å². The first-order valence-corrected chi connectivity index (χ1v) is 5.98. The Hall–Kier alpha value is -0.330. The van der Waals surface area contributed by atoms with Crippen LogP contribution >= 0.6 is 0 Å². The van der Waals surface area contributed by atoms with E-state index in [1.165, 1.54) is 0 Å². The largest absolute Gasteiger partial charge is 0.411 e. The van der Waals surface area contributed by atoms with Gasteiger partial charge in [-0.25, -0.2) is 0 Å². The summed E-state index contributed by atoms with van der Waals surface area (Å²) in [6, 6.07) is 0.336. The number of hydrogen-bond acceptors (Lipinski definition) is 3. The lowest BCUT2D eigenvalue weighted by atomic mass is 9.93. The molecule has 1 saturated heterocycles.